The summed E-state index contributed by atoms with van der Waals surface area (Å²) in [6, 6.07) is 4.18. The molecular formula is C45H28N4O. The van der Waals surface area contributed by atoms with Crippen LogP contribution in [0.1, 0.15) is 24.7 Å². The number of furan rings is 1. The van der Waals surface area contributed by atoms with E-state index in [9.17, 15) is 11.0 Å². The molecule has 0 saturated heterocycles. The number of nitrogens with zero attached hydrogens (tertiary/aromatic N) is 4. The third-order valence-electron chi connectivity index (χ3n) is 8.11. The second-order valence-electron chi connectivity index (χ2n) is 11.1. The zero-order chi connectivity index (χ0) is 48.7. The van der Waals surface area contributed by atoms with Gasteiger partial charge in [-0.2, -0.15) is 0 Å². The van der Waals surface area contributed by atoms with E-state index in [1.807, 2.05) is 0 Å². The number of benzene rings is 7. The number of fused-ring (bicyclic) bond motifs is 6. The molecule has 0 unspecified atom stereocenters. The molecule has 0 bridgehead atoms. The fraction of sp³-hybridized carbons (Fsp3) is 0. The monoisotopic (exact) mass is 658 g/mol. The molecule has 10 rings (SSSR count). The molecule has 0 N–H and O–H groups in total. The first-order chi connectivity index (χ1) is 32.3. The van der Waals surface area contributed by atoms with Gasteiger partial charge in [0.15, 0.2) is 17.5 Å². The molecule has 0 aliphatic rings. The Kier molecular flexibility index (Phi) is 3.55. The third kappa shape index (κ3) is 4.60. The molecule has 0 saturated carbocycles. The summed E-state index contributed by atoms with van der Waals surface area (Å²) >= 11 is 0. The van der Waals surface area contributed by atoms with Gasteiger partial charge in [0.1, 0.15) is 11.2 Å². The van der Waals surface area contributed by atoms with E-state index in [0.29, 0.717) is 11.1 Å². The molecule has 0 aliphatic carbocycles. The molecule has 0 fully saturated rings. The molecular weight excluding hydrogens is 613 g/mol. The summed E-state index contributed by atoms with van der Waals surface area (Å²) in [5.41, 5.74) is -2.91. The summed E-state index contributed by atoms with van der Waals surface area (Å²) in [5, 5.41) is -1.51. The van der Waals surface area contributed by atoms with Crippen LogP contribution in [0.2, 0.25) is 0 Å². The first-order valence-corrected chi connectivity index (χ1v) is 15.2. The Bertz CT molecular complexity index is 3810. The lowest BCUT2D eigenvalue weighted by atomic mass is 10.0. The van der Waals surface area contributed by atoms with Crippen LogP contribution in [-0.2, 0) is 0 Å². The van der Waals surface area contributed by atoms with Crippen LogP contribution in [0.25, 0.3) is 94.7 Å². The summed E-state index contributed by atoms with van der Waals surface area (Å²) in [5.74, 6) is 0.0139. The molecule has 3 heterocycles. The quantitative estimate of drug-likeness (QED) is 0.185. The maximum Gasteiger partial charge on any atom is 0.164 e. The molecule has 5 heteroatoms. The third-order valence-corrected chi connectivity index (χ3v) is 8.11. The highest BCUT2D eigenvalue weighted by molar-refractivity contribution is 6.15. The molecule has 50 heavy (non-hydrogen) atoms. The molecule has 0 atom stereocenters. The normalized spacial score (nSPS) is 16.6. The second kappa shape index (κ2) is 11.4. The van der Waals surface area contributed by atoms with Crippen LogP contribution >= 0.6 is 0 Å². The van der Waals surface area contributed by atoms with Crippen LogP contribution in [-0.4, -0.2) is 19.5 Å². The van der Waals surface area contributed by atoms with Gasteiger partial charge >= 0.3 is 0 Å². The van der Waals surface area contributed by atoms with Crippen molar-refractivity contribution in [2.24, 2.45) is 0 Å². The first kappa shape index (κ1) is 15.6. The Hall–Kier alpha value is -6.85. The van der Waals surface area contributed by atoms with Gasteiger partial charge in [-0.1, -0.05) is 133 Å². The fourth-order valence-corrected chi connectivity index (χ4v) is 5.87. The van der Waals surface area contributed by atoms with Gasteiger partial charge in [0.05, 0.1) is 46.8 Å². The molecule has 7 aromatic carbocycles. The molecule has 0 radical (unpaired) electrons. The van der Waals surface area contributed by atoms with Crippen molar-refractivity contribution in [3.8, 4) is 51.0 Å². The average Bonchev–Trinajstić information content (AvgIpc) is 3.92. The molecule has 0 spiro atoms. The summed E-state index contributed by atoms with van der Waals surface area (Å²) < 4.78 is 169. The van der Waals surface area contributed by atoms with Gasteiger partial charge < -0.3 is 8.98 Å². The predicted octanol–water partition coefficient (Wildman–Crippen LogP) is 11.5. The Labute approximate surface area is 313 Å². The maximum absolute atomic E-state index is 9.97. The summed E-state index contributed by atoms with van der Waals surface area (Å²) in [4.78, 5) is 14.1. The summed E-state index contributed by atoms with van der Waals surface area (Å²) in [6.07, 6.45) is 0. The number of hydrogen-bond acceptors (Lipinski definition) is 4. The van der Waals surface area contributed by atoms with E-state index < -0.39 is 159 Å². The van der Waals surface area contributed by atoms with Gasteiger partial charge in [0.25, 0.3) is 0 Å². The minimum Gasteiger partial charge on any atom is -0.456 e. The molecule has 0 aliphatic heterocycles. The maximum atomic E-state index is 9.97. The SMILES string of the molecule is [2H]c1c([2H])c([2H])c(-c2c([2H])c([2H])c3c(oc4c([2H])c([2H])c([2H])c(-n5c6c([2H])c([2H])c([2H])c([2H])c6c6c([2H])c([2H])c(-c7nc(-c8ccccc8)nc(-c8ccccc8)n7)c([2H])c65)c43)c2[2H])c([2H])c1[2H]. The number of aromatic nitrogens is 4. The van der Waals surface area contributed by atoms with Crippen molar-refractivity contribution in [3.63, 3.8) is 0 Å². The van der Waals surface area contributed by atoms with Crippen molar-refractivity contribution in [1.29, 1.82) is 0 Å². The van der Waals surface area contributed by atoms with Crippen LogP contribution < -0.4 is 0 Å². The van der Waals surface area contributed by atoms with E-state index in [1.165, 1.54) is 0 Å². The molecule has 10 aromatic rings. The van der Waals surface area contributed by atoms with Crippen LogP contribution in [0.3, 0.4) is 0 Å². The number of para-hydroxylation sites is 1. The lowest BCUT2D eigenvalue weighted by molar-refractivity contribution is 0.669. The zero-order valence-corrected chi connectivity index (χ0v) is 25.5. The van der Waals surface area contributed by atoms with E-state index >= 15 is 0 Å². The highest BCUT2D eigenvalue weighted by atomic mass is 16.3. The van der Waals surface area contributed by atoms with E-state index in [2.05, 4.69) is 15.0 Å². The Balaban J connectivity index is 1.41. The van der Waals surface area contributed by atoms with E-state index in [4.69, 9.17) is 18.1 Å². The second-order valence-corrected chi connectivity index (χ2v) is 11.1. The predicted molar refractivity (Wildman–Crippen MR) is 203 cm³/mol. The smallest absolute Gasteiger partial charge is 0.164 e. The number of hydrogen-bond donors (Lipinski definition) is 0. The molecule has 234 valence electrons. The first-order valence-electron chi connectivity index (χ1n) is 24.2. The minimum absolute atomic E-state index is 0.133. The van der Waals surface area contributed by atoms with Crippen molar-refractivity contribution in [2.75, 3.05) is 0 Å². The summed E-state index contributed by atoms with van der Waals surface area (Å²) in [6.45, 7) is 0. The van der Waals surface area contributed by atoms with Crippen LogP contribution in [0, 0.1) is 0 Å². The minimum atomic E-state index is -0.819. The van der Waals surface area contributed by atoms with Crippen LogP contribution in [0.5, 0.6) is 0 Å². The van der Waals surface area contributed by atoms with Gasteiger partial charge in [0, 0.05) is 32.8 Å². The van der Waals surface area contributed by atoms with Crippen molar-refractivity contribution < 1.29 is 29.1 Å². The van der Waals surface area contributed by atoms with Crippen molar-refractivity contribution in [3.05, 3.63) is 169 Å². The Morgan fingerprint density at radius 2 is 1.06 bits per heavy atom. The summed E-state index contributed by atoms with van der Waals surface area (Å²) in [7, 11) is 0. The molecule has 5 nitrogen and oxygen atoms in total. The van der Waals surface area contributed by atoms with Gasteiger partial charge in [-0.25, -0.2) is 15.0 Å². The number of rotatable bonds is 5. The fourth-order valence-electron chi connectivity index (χ4n) is 5.87. The van der Waals surface area contributed by atoms with E-state index in [1.54, 1.807) is 60.7 Å². The highest BCUT2D eigenvalue weighted by Gasteiger charge is 2.20. The van der Waals surface area contributed by atoms with E-state index in [0.717, 1.165) is 4.57 Å². The van der Waals surface area contributed by atoms with Crippen LogP contribution in [0.4, 0.5) is 0 Å². The topological polar surface area (TPSA) is 56.7 Å². The van der Waals surface area contributed by atoms with Crippen molar-refractivity contribution in [2.45, 2.75) is 0 Å². The Morgan fingerprint density at radius 3 is 1.80 bits per heavy atom. The standard InChI is InChI=1S/C45H28N4O/c1-4-13-29(14-5-1)32-23-26-36-41(28-32)50-40-22-12-21-38(42(36)40)49-37-20-11-10-19-34(37)35-25-24-33(27-39(35)49)45-47-43(30-15-6-2-7-16-30)46-44(48-45)31-17-8-3-9-18-31/h1-28H/i1D,4D,5D,10D,11D,12D,13D,14D,19D,20D,21D,22D,23D,24D,25D,26D,27D,28D. The molecule has 0 amide bonds. The Morgan fingerprint density at radius 1 is 0.440 bits per heavy atom. The average molecular weight is 659 g/mol. The lowest BCUT2D eigenvalue weighted by Crippen LogP contribution is -2.00. The van der Waals surface area contributed by atoms with Gasteiger partial charge in [-0.3, -0.25) is 0 Å². The van der Waals surface area contributed by atoms with Crippen molar-refractivity contribution >= 4 is 43.7 Å². The largest absolute Gasteiger partial charge is 0.456 e. The lowest BCUT2D eigenvalue weighted by Gasteiger charge is -2.11. The van der Waals surface area contributed by atoms with E-state index in [-0.39, 0.29) is 33.8 Å². The molecule has 3 aromatic heterocycles. The van der Waals surface area contributed by atoms with Crippen LogP contribution in [0.15, 0.2) is 174 Å². The van der Waals surface area contributed by atoms with Gasteiger partial charge in [-0.15, -0.1) is 0 Å². The zero-order valence-electron chi connectivity index (χ0n) is 43.5. The van der Waals surface area contributed by atoms with Gasteiger partial charge in [0.2, 0.25) is 0 Å². The highest BCUT2D eigenvalue weighted by Crippen LogP contribution is 2.40. The van der Waals surface area contributed by atoms with Gasteiger partial charge in [-0.05, 0) is 47.4 Å². The van der Waals surface area contributed by atoms with Crippen molar-refractivity contribution in [1.82, 2.24) is 19.5 Å².